The van der Waals surface area contributed by atoms with Crippen molar-refractivity contribution in [1.29, 1.82) is 0 Å². The Morgan fingerprint density at radius 2 is 2.00 bits per heavy atom. The Balaban J connectivity index is 2.95. The lowest BCUT2D eigenvalue weighted by Crippen LogP contribution is -2.39. The average molecular weight is 377 g/mol. The topological polar surface area (TPSA) is 46.6 Å². The quantitative estimate of drug-likeness (QED) is 0.710. The average Bonchev–Trinajstić information content (AvgIpc) is 2.35. The zero-order chi connectivity index (χ0) is 16.0. The summed E-state index contributed by atoms with van der Waals surface area (Å²) in [4.78, 5) is 25.7. The summed E-state index contributed by atoms with van der Waals surface area (Å²) in [5, 5.41) is 0.466. The summed E-state index contributed by atoms with van der Waals surface area (Å²) in [7, 11) is 0. The molecule has 0 spiro atoms. The number of hydrogen-bond donors (Lipinski definition) is 0. The molecule has 0 N–H and O–H groups in total. The molecule has 116 valence electrons. The van der Waals surface area contributed by atoms with Gasteiger partial charge in [0, 0.05) is 21.6 Å². The molecule has 1 aromatic rings. The fourth-order valence-corrected chi connectivity index (χ4v) is 2.74. The molecule has 0 fully saturated rings. The van der Waals surface area contributed by atoms with Crippen LogP contribution in [0.15, 0.2) is 22.7 Å². The van der Waals surface area contributed by atoms with Gasteiger partial charge in [-0.1, -0.05) is 41.4 Å². The predicted molar refractivity (Wildman–Crippen MR) is 86.5 cm³/mol. The summed E-state index contributed by atoms with van der Waals surface area (Å²) >= 11 is 9.28. The van der Waals surface area contributed by atoms with Gasteiger partial charge in [-0.15, -0.1) is 0 Å². The summed E-state index contributed by atoms with van der Waals surface area (Å²) in [5.74, 6) is -0.404. The molecule has 0 aromatic heterocycles. The minimum Gasteiger partial charge on any atom is -0.465 e. The van der Waals surface area contributed by atoms with Crippen molar-refractivity contribution in [1.82, 2.24) is 4.90 Å². The molecular formula is C15H19BrClNO3. The maximum absolute atomic E-state index is 12.6. The summed E-state index contributed by atoms with van der Waals surface area (Å²) in [6.45, 7) is 6.42. The Hall–Kier alpha value is -1.07. The van der Waals surface area contributed by atoms with Crippen LogP contribution in [0.2, 0.25) is 5.02 Å². The number of nitrogens with zero attached hydrogens (tertiary/aromatic N) is 1. The van der Waals surface area contributed by atoms with Crippen molar-refractivity contribution in [3.63, 3.8) is 0 Å². The molecule has 0 bridgehead atoms. The maximum atomic E-state index is 12.6. The minimum absolute atomic E-state index is 0.0605. The number of halogens is 2. The highest BCUT2D eigenvalue weighted by Gasteiger charge is 2.21. The van der Waals surface area contributed by atoms with Crippen LogP contribution >= 0.6 is 27.5 Å². The van der Waals surface area contributed by atoms with Gasteiger partial charge in [0.25, 0.3) is 5.91 Å². The predicted octanol–water partition coefficient (Wildman–Crippen LogP) is 3.76. The van der Waals surface area contributed by atoms with Crippen LogP contribution in [-0.4, -0.2) is 36.5 Å². The smallest absolute Gasteiger partial charge is 0.325 e. The van der Waals surface area contributed by atoms with Crippen molar-refractivity contribution in [2.24, 2.45) is 5.92 Å². The molecule has 0 aliphatic heterocycles. The Bertz CT molecular complexity index is 499. The molecule has 0 aliphatic rings. The van der Waals surface area contributed by atoms with E-state index in [2.05, 4.69) is 15.9 Å². The first-order valence-corrected chi connectivity index (χ1v) is 7.91. The van der Waals surface area contributed by atoms with Crippen LogP contribution in [-0.2, 0) is 9.53 Å². The summed E-state index contributed by atoms with van der Waals surface area (Å²) < 4.78 is 5.64. The summed E-state index contributed by atoms with van der Waals surface area (Å²) in [6, 6.07) is 4.98. The lowest BCUT2D eigenvalue weighted by Gasteiger charge is -2.23. The number of esters is 1. The van der Waals surface area contributed by atoms with Crippen LogP contribution in [0.1, 0.15) is 31.1 Å². The number of ether oxygens (including phenoxy) is 1. The lowest BCUT2D eigenvalue weighted by atomic mass is 10.1. The molecule has 6 heteroatoms. The van der Waals surface area contributed by atoms with E-state index in [1.54, 1.807) is 25.1 Å². The van der Waals surface area contributed by atoms with Crippen LogP contribution in [0.5, 0.6) is 0 Å². The van der Waals surface area contributed by atoms with E-state index in [1.807, 2.05) is 13.8 Å². The monoisotopic (exact) mass is 375 g/mol. The van der Waals surface area contributed by atoms with Crippen LogP contribution < -0.4 is 0 Å². The highest BCUT2D eigenvalue weighted by atomic mass is 79.9. The van der Waals surface area contributed by atoms with Crippen molar-refractivity contribution < 1.29 is 14.3 Å². The molecule has 0 heterocycles. The number of amides is 1. The van der Waals surface area contributed by atoms with Gasteiger partial charge in [0.1, 0.15) is 6.54 Å². The largest absolute Gasteiger partial charge is 0.465 e. The van der Waals surface area contributed by atoms with Crippen LogP contribution in [0, 0.1) is 5.92 Å². The van der Waals surface area contributed by atoms with Gasteiger partial charge in [0.2, 0.25) is 0 Å². The van der Waals surface area contributed by atoms with E-state index < -0.39 is 5.97 Å². The van der Waals surface area contributed by atoms with Gasteiger partial charge in [-0.05, 0) is 31.0 Å². The second-order valence-electron chi connectivity index (χ2n) is 5.04. The van der Waals surface area contributed by atoms with Gasteiger partial charge >= 0.3 is 5.97 Å². The first kappa shape index (κ1) is 18.0. The molecule has 1 aromatic carbocycles. The van der Waals surface area contributed by atoms with Gasteiger partial charge in [0.05, 0.1) is 6.61 Å². The highest BCUT2D eigenvalue weighted by Crippen LogP contribution is 2.21. The van der Waals surface area contributed by atoms with Crippen LogP contribution in [0.4, 0.5) is 0 Å². The molecule has 0 unspecified atom stereocenters. The lowest BCUT2D eigenvalue weighted by molar-refractivity contribution is -0.143. The Morgan fingerprint density at radius 3 is 2.52 bits per heavy atom. The standard InChI is InChI=1S/C15H19BrClNO3/c1-4-21-14(19)9-18(8-10(2)3)15(20)11-5-12(16)7-13(17)6-11/h5-7,10H,4,8-9H2,1-3H3. The number of rotatable bonds is 6. The van der Waals surface area contributed by atoms with Gasteiger partial charge in [-0.3, -0.25) is 9.59 Å². The third-order valence-electron chi connectivity index (χ3n) is 2.61. The zero-order valence-corrected chi connectivity index (χ0v) is 14.7. The summed E-state index contributed by atoms with van der Waals surface area (Å²) in [5.41, 5.74) is 0.444. The van der Waals surface area contributed by atoms with Gasteiger partial charge < -0.3 is 9.64 Å². The first-order chi connectivity index (χ1) is 9.83. The number of hydrogen-bond acceptors (Lipinski definition) is 3. The Kier molecular flexibility index (Phi) is 7.18. The van der Waals surface area contributed by atoms with Crippen LogP contribution in [0.25, 0.3) is 0 Å². The summed E-state index contributed by atoms with van der Waals surface area (Å²) in [6.07, 6.45) is 0. The molecule has 0 radical (unpaired) electrons. The van der Waals surface area contributed by atoms with E-state index in [0.29, 0.717) is 23.7 Å². The van der Waals surface area contributed by atoms with Gasteiger partial charge in [-0.25, -0.2) is 0 Å². The fourth-order valence-electron chi connectivity index (χ4n) is 1.88. The first-order valence-electron chi connectivity index (χ1n) is 6.74. The zero-order valence-electron chi connectivity index (χ0n) is 12.4. The van der Waals surface area contributed by atoms with Gasteiger partial charge in [0.15, 0.2) is 0 Å². The third kappa shape index (κ3) is 6.06. The second-order valence-corrected chi connectivity index (χ2v) is 6.39. The van der Waals surface area contributed by atoms with E-state index in [9.17, 15) is 9.59 Å². The van der Waals surface area contributed by atoms with E-state index in [1.165, 1.54) is 4.90 Å². The third-order valence-corrected chi connectivity index (χ3v) is 3.28. The molecular weight excluding hydrogens is 358 g/mol. The molecule has 4 nitrogen and oxygen atoms in total. The van der Waals surface area contributed by atoms with E-state index in [-0.39, 0.29) is 18.4 Å². The molecule has 0 saturated heterocycles. The van der Waals surface area contributed by atoms with Crippen molar-refractivity contribution >= 4 is 39.4 Å². The SMILES string of the molecule is CCOC(=O)CN(CC(C)C)C(=O)c1cc(Cl)cc(Br)c1. The van der Waals surface area contributed by atoms with Crippen molar-refractivity contribution in [3.05, 3.63) is 33.3 Å². The molecule has 21 heavy (non-hydrogen) atoms. The molecule has 1 amide bonds. The maximum Gasteiger partial charge on any atom is 0.325 e. The fraction of sp³-hybridized carbons (Fsp3) is 0.467. The Labute approximate surface area is 138 Å². The minimum atomic E-state index is -0.410. The number of carbonyl (C=O) groups is 2. The number of carbonyl (C=O) groups excluding carboxylic acids is 2. The molecule has 0 atom stereocenters. The second kappa shape index (κ2) is 8.39. The molecule has 1 rings (SSSR count). The highest BCUT2D eigenvalue weighted by molar-refractivity contribution is 9.10. The number of benzene rings is 1. The van der Waals surface area contributed by atoms with Crippen molar-refractivity contribution in [3.8, 4) is 0 Å². The Morgan fingerprint density at radius 1 is 1.33 bits per heavy atom. The van der Waals surface area contributed by atoms with Crippen LogP contribution in [0.3, 0.4) is 0 Å². The van der Waals surface area contributed by atoms with E-state index in [0.717, 1.165) is 4.47 Å². The molecule has 0 saturated carbocycles. The van der Waals surface area contributed by atoms with E-state index in [4.69, 9.17) is 16.3 Å². The molecule has 0 aliphatic carbocycles. The van der Waals surface area contributed by atoms with E-state index >= 15 is 0 Å². The van der Waals surface area contributed by atoms with Gasteiger partial charge in [-0.2, -0.15) is 0 Å². The van der Waals surface area contributed by atoms with Crippen molar-refractivity contribution in [2.75, 3.05) is 19.7 Å². The normalized spacial score (nSPS) is 10.6. The van der Waals surface area contributed by atoms with Crippen molar-refractivity contribution in [2.45, 2.75) is 20.8 Å².